The molecule has 0 spiro atoms. The molecule has 154 valence electrons. The number of unbranched alkanes of at least 4 members (excludes halogenated alkanes) is 3. The van der Waals surface area contributed by atoms with Gasteiger partial charge < -0.3 is 5.11 Å². The zero-order valence-electron chi connectivity index (χ0n) is 17.3. The summed E-state index contributed by atoms with van der Waals surface area (Å²) in [4.78, 5) is 23.6. The Labute approximate surface area is 172 Å². The van der Waals surface area contributed by atoms with Crippen LogP contribution in [0.3, 0.4) is 0 Å². The van der Waals surface area contributed by atoms with E-state index in [-0.39, 0.29) is 5.78 Å². The fraction of sp³-hybridized carbons (Fsp3) is 0.417. The number of azo groups is 1. The van der Waals surface area contributed by atoms with Gasteiger partial charge >= 0.3 is 5.97 Å². The van der Waals surface area contributed by atoms with Crippen LogP contribution in [0.15, 0.2) is 58.8 Å². The molecule has 0 fully saturated rings. The van der Waals surface area contributed by atoms with Crippen molar-refractivity contribution in [3.05, 3.63) is 59.7 Å². The van der Waals surface area contributed by atoms with Crippen molar-refractivity contribution >= 4 is 23.1 Å². The predicted octanol–water partition coefficient (Wildman–Crippen LogP) is 7.22. The number of nitrogens with zero attached hydrogens (tertiary/aromatic N) is 2. The molecule has 0 aliphatic heterocycles. The summed E-state index contributed by atoms with van der Waals surface area (Å²) in [5.41, 5.74) is 2.82. The van der Waals surface area contributed by atoms with Crippen LogP contribution in [-0.4, -0.2) is 16.9 Å². The number of hydrogen-bond acceptors (Lipinski definition) is 4. The Hall–Kier alpha value is -2.82. The van der Waals surface area contributed by atoms with E-state index in [0.29, 0.717) is 29.8 Å². The molecule has 1 N–H and O–H groups in total. The van der Waals surface area contributed by atoms with Crippen molar-refractivity contribution in [3.63, 3.8) is 0 Å². The zero-order valence-corrected chi connectivity index (χ0v) is 17.3. The average molecular weight is 395 g/mol. The van der Waals surface area contributed by atoms with Crippen molar-refractivity contribution in [2.75, 3.05) is 0 Å². The van der Waals surface area contributed by atoms with Crippen molar-refractivity contribution in [2.45, 2.75) is 64.7 Å². The Morgan fingerprint density at radius 1 is 0.828 bits per heavy atom. The Kier molecular flexibility index (Phi) is 9.22. The fourth-order valence-corrected chi connectivity index (χ4v) is 3.12. The zero-order chi connectivity index (χ0) is 21.1. The minimum Gasteiger partial charge on any atom is -0.481 e. The first-order valence-corrected chi connectivity index (χ1v) is 10.4. The predicted molar refractivity (Wildman–Crippen MR) is 115 cm³/mol. The van der Waals surface area contributed by atoms with E-state index in [2.05, 4.69) is 24.1 Å². The van der Waals surface area contributed by atoms with Crippen molar-refractivity contribution in [2.24, 2.45) is 10.2 Å². The highest BCUT2D eigenvalue weighted by Gasteiger charge is 2.19. The van der Waals surface area contributed by atoms with Gasteiger partial charge in [-0.3, -0.25) is 9.59 Å². The maximum Gasteiger partial charge on any atom is 0.310 e. The Morgan fingerprint density at radius 2 is 1.38 bits per heavy atom. The van der Waals surface area contributed by atoms with E-state index in [1.807, 2.05) is 12.1 Å². The smallest absolute Gasteiger partial charge is 0.310 e. The molecule has 1 unspecified atom stereocenters. The molecule has 0 aliphatic carbocycles. The maximum atomic E-state index is 12.0. The van der Waals surface area contributed by atoms with Crippen LogP contribution in [0.5, 0.6) is 0 Å². The topological polar surface area (TPSA) is 79.1 Å². The van der Waals surface area contributed by atoms with E-state index in [0.717, 1.165) is 37.7 Å². The number of Topliss-reactive ketones (excluding diaryl/α,β-unsaturated/α-hetero) is 1. The molecular formula is C24H30N2O3. The van der Waals surface area contributed by atoms with E-state index in [1.165, 1.54) is 0 Å². The van der Waals surface area contributed by atoms with Gasteiger partial charge in [-0.15, -0.1) is 0 Å². The summed E-state index contributed by atoms with van der Waals surface area (Å²) in [6, 6.07) is 14.3. The van der Waals surface area contributed by atoms with Crippen molar-refractivity contribution in [1.29, 1.82) is 0 Å². The highest BCUT2D eigenvalue weighted by molar-refractivity contribution is 5.96. The number of carboxylic acids is 1. The standard InChI is InChI=1S/C24H30N2O3/c1-3-5-7-8-22(24(28)29)18-10-14-20(15-11-18)25-26-21-16-12-19(13-17-21)23(27)9-6-4-2/h10-17,22H,3-9H2,1-2H3,(H,28,29). The highest BCUT2D eigenvalue weighted by Crippen LogP contribution is 2.26. The average Bonchev–Trinajstić information content (AvgIpc) is 2.74. The summed E-state index contributed by atoms with van der Waals surface area (Å²) in [7, 11) is 0. The second-order valence-electron chi connectivity index (χ2n) is 7.25. The molecule has 0 bridgehead atoms. The molecule has 5 nitrogen and oxygen atoms in total. The molecule has 5 heteroatoms. The van der Waals surface area contributed by atoms with Gasteiger partial charge in [-0.1, -0.05) is 51.7 Å². The molecule has 0 aliphatic rings. The van der Waals surface area contributed by atoms with Crippen molar-refractivity contribution in [3.8, 4) is 0 Å². The van der Waals surface area contributed by atoms with Gasteiger partial charge in [0.1, 0.15) is 0 Å². The molecule has 0 heterocycles. The van der Waals surface area contributed by atoms with Gasteiger partial charge in [-0.2, -0.15) is 10.2 Å². The third-order valence-corrected chi connectivity index (χ3v) is 4.92. The Bertz CT molecular complexity index is 811. The number of carbonyl (C=O) groups is 2. The number of hydrogen-bond donors (Lipinski definition) is 1. The molecule has 0 saturated carbocycles. The number of carbonyl (C=O) groups excluding carboxylic acids is 1. The van der Waals surface area contributed by atoms with E-state index >= 15 is 0 Å². The molecule has 2 rings (SSSR count). The summed E-state index contributed by atoms with van der Waals surface area (Å²) in [6.07, 6.45) is 6.14. The molecule has 0 amide bonds. The largest absolute Gasteiger partial charge is 0.481 e. The van der Waals surface area contributed by atoms with Gasteiger partial charge in [0.2, 0.25) is 0 Å². The van der Waals surface area contributed by atoms with E-state index in [4.69, 9.17) is 0 Å². The SMILES string of the molecule is CCCCCC(C(=O)O)c1ccc(N=Nc2ccc(C(=O)CCCC)cc2)cc1. The van der Waals surface area contributed by atoms with Gasteiger partial charge in [0.25, 0.3) is 0 Å². The number of ketones is 1. The summed E-state index contributed by atoms with van der Waals surface area (Å²) in [5, 5.41) is 17.9. The second-order valence-corrected chi connectivity index (χ2v) is 7.25. The first kappa shape index (κ1) is 22.5. The van der Waals surface area contributed by atoms with Crippen LogP contribution in [0.4, 0.5) is 11.4 Å². The highest BCUT2D eigenvalue weighted by atomic mass is 16.4. The fourth-order valence-electron chi connectivity index (χ4n) is 3.12. The monoisotopic (exact) mass is 394 g/mol. The van der Waals surface area contributed by atoms with Crippen LogP contribution in [0.25, 0.3) is 0 Å². The minimum absolute atomic E-state index is 0.151. The summed E-state index contributed by atoms with van der Waals surface area (Å²) in [5.74, 6) is -1.12. The lowest BCUT2D eigenvalue weighted by molar-refractivity contribution is -0.139. The number of rotatable bonds is 12. The lowest BCUT2D eigenvalue weighted by Gasteiger charge is -2.12. The van der Waals surface area contributed by atoms with Crippen LogP contribution >= 0.6 is 0 Å². The van der Waals surface area contributed by atoms with Crippen LogP contribution in [0, 0.1) is 0 Å². The van der Waals surface area contributed by atoms with Crippen LogP contribution in [0.2, 0.25) is 0 Å². The van der Waals surface area contributed by atoms with Crippen LogP contribution in [0.1, 0.15) is 80.6 Å². The minimum atomic E-state index is -0.788. The molecular weight excluding hydrogens is 364 g/mol. The molecule has 0 saturated heterocycles. The van der Waals surface area contributed by atoms with Crippen LogP contribution in [-0.2, 0) is 4.79 Å². The molecule has 2 aromatic rings. The number of aliphatic carboxylic acids is 1. The maximum absolute atomic E-state index is 12.0. The Morgan fingerprint density at radius 3 is 1.90 bits per heavy atom. The molecule has 2 aromatic carbocycles. The summed E-state index contributed by atoms with van der Waals surface area (Å²) >= 11 is 0. The molecule has 0 aromatic heterocycles. The third kappa shape index (κ3) is 7.26. The number of benzene rings is 2. The van der Waals surface area contributed by atoms with Gasteiger partial charge in [-0.25, -0.2) is 0 Å². The van der Waals surface area contributed by atoms with Gasteiger partial charge in [0.05, 0.1) is 17.3 Å². The third-order valence-electron chi connectivity index (χ3n) is 4.92. The molecule has 29 heavy (non-hydrogen) atoms. The quantitative estimate of drug-likeness (QED) is 0.234. The first-order valence-electron chi connectivity index (χ1n) is 10.4. The summed E-state index contributed by atoms with van der Waals surface area (Å²) < 4.78 is 0. The lowest BCUT2D eigenvalue weighted by atomic mass is 9.93. The van der Waals surface area contributed by atoms with Crippen LogP contribution < -0.4 is 0 Å². The van der Waals surface area contributed by atoms with Crippen molar-refractivity contribution < 1.29 is 14.7 Å². The Balaban J connectivity index is 2.00. The molecule has 0 radical (unpaired) electrons. The van der Waals surface area contributed by atoms with E-state index in [9.17, 15) is 14.7 Å². The van der Waals surface area contributed by atoms with Gasteiger partial charge in [-0.05, 0) is 54.8 Å². The lowest BCUT2D eigenvalue weighted by Crippen LogP contribution is -2.11. The normalized spacial score (nSPS) is 12.2. The van der Waals surface area contributed by atoms with Gasteiger partial charge in [0, 0.05) is 12.0 Å². The first-order chi connectivity index (χ1) is 14.0. The van der Waals surface area contributed by atoms with Crippen molar-refractivity contribution in [1.82, 2.24) is 0 Å². The molecule has 1 atom stereocenters. The number of carboxylic acid groups (broad SMARTS) is 1. The summed E-state index contributed by atoms with van der Waals surface area (Å²) in [6.45, 7) is 4.17. The second kappa shape index (κ2) is 11.9. The van der Waals surface area contributed by atoms with E-state index < -0.39 is 11.9 Å². The van der Waals surface area contributed by atoms with E-state index in [1.54, 1.807) is 36.4 Å². The van der Waals surface area contributed by atoms with Gasteiger partial charge in [0.15, 0.2) is 5.78 Å².